The van der Waals surface area contributed by atoms with Gasteiger partial charge in [-0.1, -0.05) is 13.8 Å². The number of carbonyl (C=O) groups is 1. The van der Waals surface area contributed by atoms with Crippen LogP contribution < -0.4 is 0 Å². The van der Waals surface area contributed by atoms with Gasteiger partial charge in [0.15, 0.2) is 5.82 Å². The molecule has 1 N–H and O–H groups in total. The lowest BCUT2D eigenvalue weighted by atomic mass is 10.1. The summed E-state index contributed by atoms with van der Waals surface area (Å²) < 4.78 is 1.68. The fourth-order valence-corrected chi connectivity index (χ4v) is 1.18. The molecule has 0 aliphatic heterocycles. The molecule has 1 aromatic heterocycles. The van der Waals surface area contributed by atoms with Gasteiger partial charge in [0, 0.05) is 13.0 Å². The topological polar surface area (TPSA) is 80.9 Å². The van der Waals surface area contributed by atoms with Gasteiger partial charge in [0.05, 0.1) is 6.42 Å². The van der Waals surface area contributed by atoms with Crippen molar-refractivity contribution in [3.05, 3.63) is 5.82 Å². The van der Waals surface area contributed by atoms with E-state index in [1.165, 1.54) is 0 Å². The smallest absolute Gasteiger partial charge is 0.303 e. The van der Waals surface area contributed by atoms with Gasteiger partial charge in [-0.3, -0.25) is 4.79 Å². The highest BCUT2D eigenvalue weighted by Crippen LogP contribution is 2.04. The first-order valence-corrected chi connectivity index (χ1v) is 5.06. The Kier molecular flexibility index (Phi) is 4.20. The summed E-state index contributed by atoms with van der Waals surface area (Å²) in [5.74, 6) is 0.410. The van der Waals surface area contributed by atoms with Crippen LogP contribution in [-0.2, 0) is 17.8 Å². The predicted octanol–water partition coefficient (Wildman–Crippen LogP) is 0.736. The van der Waals surface area contributed by atoms with Crippen molar-refractivity contribution in [1.29, 1.82) is 0 Å². The van der Waals surface area contributed by atoms with E-state index in [-0.39, 0.29) is 6.42 Å². The van der Waals surface area contributed by atoms with Crippen LogP contribution in [0.1, 0.15) is 32.5 Å². The van der Waals surface area contributed by atoms with E-state index in [1.807, 2.05) is 0 Å². The third-order valence-electron chi connectivity index (χ3n) is 2.09. The lowest BCUT2D eigenvalue weighted by Crippen LogP contribution is -2.09. The minimum absolute atomic E-state index is 0.0715. The normalized spacial score (nSPS) is 10.9. The van der Waals surface area contributed by atoms with Crippen molar-refractivity contribution in [1.82, 2.24) is 20.2 Å². The van der Waals surface area contributed by atoms with E-state index in [0.29, 0.717) is 18.2 Å². The number of hydrogen-bond donors (Lipinski definition) is 1. The summed E-state index contributed by atoms with van der Waals surface area (Å²) in [4.78, 5) is 10.4. The summed E-state index contributed by atoms with van der Waals surface area (Å²) in [7, 11) is 0. The highest BCUT2D eigenvalue weighted by molar-refractivity contribution is 5.66. The predicted molar refractivity (Wildman–Crippen MR) is 53.2 cm³/mol. The molecule has 6 nitrogen and oxygen atoms in total. The Morgan fingerprint density at radius 2 is 2.27 bits per heavy atom. The Morgan fingerprint density at radius 1 is 1.53 bits per heavy atom. The number of aliphatic carboxylic acids is 1. The number of nitrogens with zero attached hydrogens (tertiary/aromatic N) is 4. The minimum atomic E-state index is -0.826. The molecule has 15 heavy (non-hydrogen) atoms. The summed E-state index contributed by atoms with van der Waals surface area (Å²) in [5.41, 5.74) is 0. The SMILES string of the molecule is CC(C)CCn1nnnc1CCC(=O)O. The molecule has 0 unspecified atom stereocenters. The number of rotatable bonds is 6. The van der Waals surface area contributed by atoms with Gasteiger partial charge < -0.3 is 5.11 Å². The zero-order chi connectivity index (χ0) is 11.3. The second-order valence-corrected chi connectivity index (χ2v) is 3.89. The van der Waals surface area contributed by atoms with Gasteiger partial charge in [-0.15, -0.1) is 5.10 Å². The van der Waals surface area contributed by atoms with Crippen LogP contribution in [0, 0.1) is 5.92 Å². The second-order valence-electron chi connectivity index (χ2n) is 3.89. The van der Waals surface area contributed by atoms with E-state index < -0.39 is 5.97 Å². The maximum Gasteiger partial charge on any atom is 0.303 e. The minimum Gasteiger partial charge on any atom is -0.481 e. The van der Waals surface area contributed by atoms with Crippen molar-refractivity contribution in [3.63, 3.8) is 0 Å². The first-order chi connectivity index (χ1) is 7.09. The molecule has 0 aliphatic rings. The van der Waals surface area contributed by atoms with Crippen LogP contribution in [0.4, 0.5) is 0 Å². The molecular weight excluding hydrogens is 196 g/mol. The van der Waals surface area contributed by atoms with Crippen molar-refractivity contribution in [3.8, 4) is 0 Å². The fraction of sp³-hybridized carbons (Fsp3) is 0.778. The maximum atomic E-state index is 10.4. The van der Waals surface area contributed by atoms with Crippen LogP contribution in [0.15, 0.2) is 0 Å². The quantitative estimate of drug-likeness (QED) is 0.752. The van der Waals surface area contributed by atoms with Gasteiger partial charge in [-0.2, -0.15) is 0 Å². The van der Waals surface area contributed by atoms with E-state index in [2.05, 4.69) is 29.4 Å². The molecule has 0 aliphatic carbocycles. The number of tetrazole rings is 1. The van der Waals surface area contributed by atoms with Crippen LogP contribution in [-0.4, -0.2) is 31.3 Å². The highest BCUT2D eigenvalue weighted by Gasteiger charge is 2.08. The second kappa shape index (κ2) is 5.43. The number of carboxylic acid groups (broad SMARTS) is 1. The first-order valence-electron chi connectivity index (χ1n) is 5.06. The number of aromatic nitrogens is 4. The molecule has 0 bridgehead atoms. The average Bonchev–Trinajstić information content (AvgIpc) is 2.58. The molecule has 0 atom stereocenters. The molecule has 0 amide bonds. The zero-order valence-electron chi connectivity index (χ0n) is 9.05. The molecule has 0 radical (unpaired) electrons. The third kappa shape index (κ3) is 4.05. The van der Waals surface area contributed by atoms with Crippen LogP contribution in [0.25, 0.3) is 0 Å². The molecule has 1 rings (SSSR count). The van der Waals surface area contributed by atoms with Gasteiger partial charge in [0.2, 0.25) is 0 Å². The molecule has 1 aromatic rings. The Balaban J connectivity index is 2.49. The molecule has 0 aromatic carbocycles. The lowest BCUT2D eigenvalue weighted by molar-refractivity contribution is -0.137. The molecular formula is C9H16N4O2. The molecule has 0 spiro atoms. The first kappa shape index (κ1) is 11.6. The van der Waals surface area contributed by atoms with E-state index in [4.69, 9.17) is 5.11 Å². The van der Waals surface area contributed by atoms with Gasteiger partial charge in [0.1, 0.15) is 0 Å². The van der Waals surface area contributed by atoms with Gasteiger partial charge >= 0.3 is 5.97 Å². The van der Waals surface area contributed by atoms with Crippen molar-refractivity contribution >= 4 is 5.97 Å². The van der Waals surface area contributed by atoms with Crippen molar-refractivity contribution in [2.45, 2.75) is 39.7 Å². The van der Waals surface area contributed by atoms with Gasteiger partial charge in [-0.25, -0.2) is 4.68 Å². The van der Waals surface area contributed by atoms with Crippen molar-refractivity contribution in [2.75, 3.05) is 0 Å². The van der Waals surface area contributed by atoms with Crippen molar-refractivity contribution in [2.24, 2.45) is 5.92 Å². The number of aryl methyl sites for hydroxylation is 2. The largest absolute Gasteiger partial charge is 0.481 e. The summed E-state index contributed by atoms with van der Waals surface area (Å²) >= 11 is 0. The summed E-state index contributed by atoms with van der Waals surface area (Å²) in [6, 6.07) is 0. The molecule has 0 saturated carbocycles. The fourth-order valence-electron chi connectivity index (χ4n) is 1.18. The Hall–Kier alpha value is -1.46. The van der Waals surface area contributed by atoms with Crippen LogP contribution in [0.5, 0.6) is 0 Å². The van der Waals surface area contributed by atoms with Gasteiger partial charge in [0.25, 0.3) is 0 Å². The van der Waals surface area contributed by atoms with E-state index >= 15 is 0 Å². The Morgan fingerprint density at radius 3 is 2.87 bits per heavy atom. The Labute approximate surface area is 88.3 Å². The van der Waals surface area contributed by atoms with E-state index in [0.717, 1.165) is 13.0 Å². The summed E-state index contributed by atoms with van der Waals surface area (Å²) in [5, 5.41) is 19.7. The monoisotopic (exact) mass is 212 g/mol. The molecule has 6 heteroatoms. The average molecular weight is 212 g/mol. The Bertz CT molecular complexity index is 322. The van der Waals surface area contributed by atoms with Gasteiger partial charge in [-0.05, 0) is 22.8 Å². The third-order valence-corrected chi connectivity index (χ3v) is 2.09. The highest BCUT2D eigenvalue weighted by atomic mass is 16.4. The zero-order valence-corrected chi connectivity index (χ0v) is 9.05. The number of hydrogen-bond acceptors (Lipinski definition) is 4. The van der Waals surface area contributed by atoms with Crippen LogP contribution in [0.2, 0.25) is 0 Å². The summed E-state index contributed by atoms with van der Waals surface area (Å²) in [6.45, 7) is 5.00. The standard InChI is InChI=1S/C9H16N4O2/c1-7(2)5-6-13-8(10-11-12-13)3-4-9(14)15/h7H,3-6H2,1-2H3,(H,14,15). The molecule has 1 heterocycles. The van der Waals surface area contributed by atoms with E-state index in [9.17, 15) is 4.79 Å². The van der Waals surface area contributed by atoms with Crippen LogP contribution in [0.3, 0.4) is 0 Å². The summed E-state index contributed by atoms with van der Waals surface area (Å²) in [6.07, 6.45) is 1.45. The molecule has 0 saturated heterocycles. The van der Waals surface area contributed by atoms with Crippen LogP contribution >= 0.6 is 0 Å². The van der Waals surface area contributed by atoms with E-state index in [1.54, 1.807) is 4.68 Å². The molecule has 0 fully saturated rings. The molecule has 84 valence electrons. The maximum absolute atomic E-state index is 10.4. The lowest BCUT2D eigenvalue weighted by Gasteiger charge is -2.05. The number of carboxylic acids is 1. The van der Waals surface area contributed by atoms with Crippen molar-refractivity contribution < 1.29 is 9.90 Å².